The maximum atomic E-state index is 11.6. The van der Waals surface area contributed by atoms with Crippen LogP contribution in [0.3, 0.4) is 0 Å². The lowest BCUT2D eigenvalue weighted by molar-refractivity contribution is -0.142. The molecule has 1 amide bonds. The number of hydrogen-bond donors (Lipinski definition) is 2. The Morgan fingerprint density at radius 1 is 1.60 bits per heavy atom. The van der Waals surface area contributed by atoms with Crippen LogP contribution in [0.25, 0.3) is 0 Å². The highest BCUT2D eigenvalue weighted by atomic mass is 16.5. The van der Waals surface area contributed by atoms with Gasteiger partial charge in [0.25, 0.3) is 0 Å². The van der Waals surface area contributed by atoms with Gasteiger partial charge >= 0.3 is 5.97 Å². The number of ether oxygens (including phenoxy) is 1. The van der Waals surface area contributed by atoms with Crippen molar-refractivity contribution in [2.24, 2.45) is 5.92 Å². The van der Waals surface area contributed by atoms with Crippen molar-refractivity contribution in [2.75, 3.05) is 13.2 Å². The Labute approximate surface area is 88.8 Å². The van der Waals surface area contributed by atoms with E-state index in [2.05, 4.69) is 5.32 Å². The number of rotatable bonds is 5. The van der Waals surface area contributed by atoms with Crippen molar-refractivity contribution in [3.05, 3.63) is 0 Å². The van der Waals surface area contributed by atoms with Crippen molar-refractivity contribution in [3.63, 3.8) is 0 Å². The number of hydrogen-bond acceptors (Lipinski definition) is 3. The molecular formula is C10H17NO4. The monoisotopic (exact) mass is 215 g/mol. The minimum Gasteiger partial charge on any atom is -0.480 e. The minimum atomic E-state index is -0.968. The van der Waals surface area contributed by atoms with E-state index in [0.29, 0.717) is 26.1 Å². The number of carbonyl (C=O) groups excluding carboxylic acids is 1. The molecule has 0 saturated carbocycles. The average molecular weight is 215 g/mol. The van der Waals surface area contributed by atoms with Gasteiger partial charge in [-0.2, -0.15) is 0 Å². The molecular weight excluding hydrogens is 198 g/mol. The van der Waals surface area contributed by atoms with Gasteiger partial charge in [-0.3, -0.25) is 4.79 Å². The lowest BCUT2D eigenvalue weighted by Crippen LogP contribution is -2.43. The van der Waals surface area contributed by atoms with Crippen molar-refractivity contribution >= 4 is 11.9 Å². The van der Waals surface area contributed by atoms with E-state index in [0.717, 1.165) is 6.42 Å². The van der Waals surface area contributed by atoms with E-state index in [9.17, 15) is 9.59 Å². The molecule has 1 unspecified atom stereocenters. The summed E-state index contributed by atoms with van der Waals surface area (Å²) in [5.41, 5.74) is 0. The molecule has 0 aliphatic carbocycles. The van der Waals surface area contributed by atoms with Crippen LogP contribution < -0.4 is 5.32 Å². The van der Waals surface area contributed by atoms with Crippen LogP contribution in [-0.2, 0) is 14.3 Å². The molecule has 2 atom stereocenters. The van der Waals surface area contributed by atoms with Crippen molar-refractivity contribution in [1.29, 1.82) is 0 Å². The predicted octanol–water partition coefficient (Wildman–Crippen LogP) is 0.392. The number of carboxylic acids is 1. The predicted molar refractivity (Wildman–Crippen MR) is 53.4 cm³/mol. The Hall–Kier alpha value is -1.10. The second-order valence-electron chi connectivity index (χ2n) is 3.75. The van der Waals surface area contributed by atoms with Gasteiger partial charge in [-0.1, -0.05) is 13.3 Å². The molecule has 86 valence electrons. The summed E-state index contributed by atoms with van der Waals surface area (Å²) in [5, 5.41) is 11.4. The highest BCUT2D eigenvalue weighted by molar-refractivity contribution is 5.85. The van der Waals surface area contributed by atoms with Gasteiger partial charge in [0.05, 0.1) is 12.5 Å². The molecule has 5 heteroatoms. The van der Waals surface area contributed by atoms with Crippen LogP contribution in [0.1, 0.15) is 26.2 Å². The van der Waals surface area contributed by atoms with E-state index in [1.165, 1.54) is 0 Å². The van der Waals surface area contributed by atoms with Crippen LogP contribution in [-0.4, -0.2) is 36.2 Å². The number of amides is 1. The summed E-state index contributed by atoms with van der Waals surface area (Å²) in [6, 6.07) is -0.761. The standard InChI is InChI=1S/C10H17NO4/c1-2-3-8(10(13)14)11-9(12)7-4-5-15-6-7/h7-8H,2-6H2,1H3,(H,11,12)(H,13,14)/t7?,8-/m1/s1. The lowest BCUT2D eigenvalue weighted by atomic mass is 10.1. The van der Waals surface area contributed by atoms with E-state index in [1.807, 2.05) is 6.92 Å². The highest BCUT2D eigenvalue weighted by Crippen LogP contribution is 2.12. The molecule has 1 saturated heterocycles. The molecule has 0 aromatic heterocycles. The molecule has 5 nitrogen and oxygen atoms in total. The van der Waals surface area contributed by atoms with Gasteiger partial charge in [0.1, 0.15) is 6.04 Å². The molecule has 0 bridgehead atoms. The zero-order valence-electron chi connectivity index (χ0n) is 8.86. The van der Waals surface area contributed by atoms with Crippen molar-refractivity contribution < 1.29 is 19.4 Å². The van der Waals surface area contributed by atoms with Crippen molar-refractivity contribution in [2.45, 2.75) is 32.2 Å². The largest absolute Gasteiger partial charge is 0.480 e. The van der Waals surface area contributed by atoms with Gasteiger partial charge in [-0.25, -0.2) is 4.79 Å². The van der Waals surface area contributed by atoms with Crippen molar-refractivity contribution in [3.8, 4) is 0 Å². The maximum Gasteiger partial charge on any atom is 0.326 e. The summed E-state index contributed by atoms with van der Waals surface area (Å²) in [6.07, 6.45) is 1.89. The fourth-order valence-electron chi connectivity index (χ4n) is 1.58. The maximum absolute atomic E-state index is 11.6. The van der Waals surface area contributed by atoms with Crippen LogP contribution in [0.4, 0.5) is 0 Å². The van der Waals surface area contributed by atoms with E-state index in [-0.39, 0.29) is 11.8 Å². The minimum absolute atomic E-state index is 0.177. The average Bonchev–Trinajstić information content (AvgIpc) is 2.69. The number of carbonyl (C=O) groups is 2. The van der Waals surface area contributed by atoms with E-state index in [4.69, 9.17) is 9.84 Å². The summed E-state index contributed by atoms with van der Waals surface area (Å²) in [7, 11) is 0. The first kappa shape index (κ1) is 12.0. The third kappa shape index (κ3) is 3.51. The van der Waals surface area contributed by atoms with Gasteiger partial charge in [0.15, 0.2) is 0 Å². The Balaban J connectivity index is 2.42. The third-order valence-electron chi connectivity index (χ3n) is 2.49. The molecule has 1 aliphatic heterocycles. The summed E-state index contributed by atoms with van der Waals surface area (Å²) in [6.45, 7) is 2.88. The molecule has 0 radical (unpaired) electrons. The van der Waals surface area contributed by atoms with Gasteiger partial charge in [-0.05, 0) is 12.8 Å². The normalized spacial score (nSPS) is 22.3. The highest BCUT2D eigenvalue weighted by Gasteiger charge is 2.27. The summed E-state index contributed by atoms with van der Waals surface area (Å²) in [4.78, 5) is 22.4. The van der Waals surface area contributed by atoms with E-state index in [1.54, 1.807) is 0 Å². The molecule has 0 aromatic carbocycles. The van der Waals surface area contributed by atoms with Crippen molar-refractivity contribution in [1.82, 2.24) is 5.32 Å². The quantitative estimate of drug-likeness (QED) is 0.695. The zero-order chi connectivity index (χ0) is 11.3. The van der Waals surface area contributed by atoms with E-state index < -0.39 is 12.0 Å². The molecule has 0 aromatic rings. The van der Waals surface area contributed by atoms with Crippen LogP contribution in [0.15, 0.2) is 0 Å². The second kappa shape index (κ2) is 5.70. The zero-order valence-corrected chi connectivity index (χ0v) is 8.86. The van der Waals surface area contributed by atoms with Gasteiger partial charge in [0.2, 0.25) is 5.91 Å². The fraction of sp³-hybridized carbons (Fsp3) is 0.800. The summed E-state index contributed by atoms with van der Waals surface area (Å²) >= 11 is 0. The molecule has 1 aliphatic rings. The van der Waals surface area contributed by atoms with Crippen LogP contribution in [0.5, 0.6) is 0 Å². The Bertz CT molecular complexity index is 236. The Morgan fingerprint density at radius 2 is 2.33 bits per heavy atom. The Kier molecular flexibility index (Phi) is 4.55. The number of nitrogens with one attached hydrogen (secondary N) is 1. The van der Waals surface area contributed by atoms with Gasteiger partial charge in [0, 0.05) is 6.61 Å². The number of aliphatic carboxylic acids is 1. The second-order valence-corrected chi connectivity index (χ2v) is 3.75. The SMILES string of the molecule is CCC[C@@H](NC(=O)C1CCOC1)C(=O)O. The lowest BCUT2D eigenvalue weighted by Gasteiger charge is -2.15. The van der Waals surface area contributed by atoms with Crippen LogP contribution in [0.2, 0.25) is 0 Å². The molecule has 1 fully saturated rings. The first-order chi connectivity index (χ1) is 7.15. The van der Waals surface area contributed by atoms with E-state index >= 15 is 0 Å². The first-order valence-electron chi connectivity index (χ1n) is 5.26. The number of carboxylic acid groups (broad SMARTS) is 1. The molecule has 1 heterocycles. The van der Waals surface area contributed by atoms with Crippen LogP contribution >= 0.6 is 0 Å². The molecule has 2 N–H and O–H groups in total. The fourth-order valence-corrected chi connectivity index (χ4v) is 1.58. The Morgan fingerprint density at radius 3 is 2.80 bits per heavy atom. The first-order valence-corrected chi connectivity index (χ1v) is 5.26. The molecule has 15 heavy (non-hydrogen) atoms. The topological polar surface area (TPSA) is 75.6 Å². The third-order valence-corrected chi connectivity index (χ3v) is 2.49. The van der Waals surface area contributed by atoms with Gasteiger partial charge < -0.3 is 15.2 Å². The smallest absolute Gasteiger partial charge is 0.326 e. The van der Waals surface area contributed by atoms with Gasteiger partial charge in [-0.15, -0.1) is 0 Å². The summed E-state index contributed by atoms with van der Waals surface area (Å²) < 4.78 is 5.07. The molecule has 1 rings (SSSR count). The molecule has 0 spiro atoms. The summed E-state index contributed by atoms with van der Waals surface area (Å²) in [5.74, 6) is -1.35. The van der Waals surface area contributed by atoms with Crippen LogP contribution in [0, 0.1) is 5.92 Å².